The second kappa shape index (κ2) is 6.94. The summed E-state index contributed by atoms with van der Waals surface area (Å²) in [5.74, 6) is -1.26. The normalized spacial score (nSPS) is 22.1. The maximum atomic E-state index is 13.8. The molecule has 2 aliphatic heterocycles. The van der Waals surface area contributed by atoms with Gasteiger partial charge in [-0.2, -0.15) is 5.26 Å². The first-order chi connectivity index (χ1) is 15.3. The van der Waals surface area contributed by atoms with Gasteiger partial charge >= 0.3 is 0 Å². The molecule has 1 unspecified atom stereocenters. The van der Waals surface area contributed by atoms with Gasteiger partial charge in [-0.05, 0) is 44.0 Å². The molecule has 160 valence electrons. The van der Waals surface area contributed by atoms with Crippen molar-refractivity contribution in [3.63, 3.8) is 0 Å². The summed E-state index contributed by atoms with van der Waals surface area (Å²) in [4.78, 5) is 28.5. The van der Waals surface area contributed by atoms with Crippen LogP contribution in [0.4, 0.5) is 15.8 Å². The number of rotatable bonds is 1. The molecule has 3 N–H and O–H groups in total. The van der Waals surface area contributed by atoms with Crippen molar-refractivity contribution in [1.29, 1.82) is 5.26 Å². The largest absolute Gasteiger partial charge is 0.384 e. The number of nitrogens with two attached hydrogens (primary N) is 1. The number of Topliss-reactive ketones (excluding diaryl/α,β-unsaturated/α-hetero) is 1. The summed E-state index contributed by atoms with van der Waals surface area (Å²) in [5, 5.41) is 13.0. The van der Waals surface area contributed by atoms with Crippen molar-refractivity contribution in [2.75, 3.05) is 10.2 Å². The van der Waals surface area contributed by atoms with Crippen molar-refractivity contribution in [2.24, 2.45) is 5.73 Å². The quantitative estimate of drug-likeness (QED) is 0.681. The number of ketones is 1. The fraction of sp³-hybridized carbons (Fsp3) is 0.208. The highest BCUT2D eigenvalue weighted by Gasteiger charge is 2.60. The number of allylic oxidation sites excluding steroid dienone is 1. The minimum absolute atomic E-state index is 0.0214. The highest BCUT2D eigenvalue weighted by Crippen LogP contribution is 2.55. The van der Waals surface area contributed by atoms with Crippen molar-refractivity contribution in [2.45, 2.75) is 31.6 Å². The Morgan fingerprint density at radius 1 is 1.22 bits per heavy atom. The summed E-state index contributed by atoms with van der Waals surface area (Å²) in [6, 6.07) is 11.6. The van der Waals surface area contributed by atoms with Crippen LogP contribution < -0.4 is 16.0 Å². The number of benzene rings is 2. The molecule has 0 fully saturated rings. The number of nitrogens with one attached hydrogen (secondary N) is 1. The molecule has 6 nitrogen and oxygen atoms in total. The predicted octanol–water partition coefficient (Wildman–Crippen LogP) is 4.20. The molecule has 2 heterocycles. The van der Waals surface area contributed by atoms with E-state index >= 15 is 0 Å². The van der Waals surface area contributed by atoms with E-state index in [1.165, 1.54) is 18.2 Å². The van der Waals surface area contributed by atoms with Crippen LogP contribution in [0.25, 0.3) is 0 Å². The second-order valence-corrected chi connectivity index (χ2v) is 8.56. The first kappa shape index (κ1) is 20.3. The average Bonchev–Trinajstić information content (AvgIpc) is 3.03. The van der Waals surface area contributed by atoms with Crippen molar-refractivity contribution in [1.82, 2.24) is 0 Å². The van der Waals surface area contributed by atoms with E-state index in [-0.39, 0.29) is 34.2 Å². The molecule has 0 aromatic heterocycles. The molecule has 8 heteroatoms. The third kappa shape index (κ3) is 2.50. The lowest BCUT2D eigenvalue weighted by atomic mass is 9.63. The Kier molecular flexibility index (Phi) is 4.40. The van der Waals surface area contributed by atoms with Crippen LogP contribution in [0.15, 0.2) is 59.1 Å². The summed E-state index contributed by atoms with van der Waals surface area (Å²) in [5.41, 5.74) is 8.06. The van der Waals surface area contributed by atoms with E-state index in [2.05, 4.69) is 11.4 Å². The lowest BCUT2D eigenvalue weighted by Crippen LogP contribution is -2.50. The maximum Gasteiger partial charge on any atom is 0.245 e. The van der Waals surface area contributed by atoms with Gasteiger partial charge in [0.15, 0.2) is 5.78 Å². The second-order valence-electron chi connectivity index (χ2n) is 8.16. The highest BCUT2D eigenvalue weighted by atomic mass is 35.5. The number of halogens is 2. The van der Waals surface area contributed by atoms with E-state index in [0.29, 0.717) is 35.5 Å². The van der Waals surface area contributed by atoms with Gasteiger partial charge in [-0.15, -0.1) is 0 Å². The smallest absolute Gasteiger partial charge is 0.245 e. The van der Waals surface area contributed by atoms with Gasteiger partial charge < -0.3 is 11.1 Å². The van der Waals surface area contributed by atoms with E-state index in [9.17, 15) is 19.2 Å². The Morgan fingerprint density at radius 3 is 2.72 bits per heavy atom. The van der Waals surface area contributed by atoms with Crippen molar-refractivity contribution in [3.8, 4) is 6.07 Å². The van der Waals surface area contributed by atoms with Gasteiger partial charge in [0.2, 0.25) is 5.91 Å². The zero-order chi connectivity index (χ0) is 22.8. The molecule has 0 radical (unpaired) electrons. The van der Waals surface area contributed by atoms with Crippen LogP contribution in [0.2, 0.25) is 5.02 Å². The average molecular weight is 449 g/mol. The summed E-state index contributed by atoms with van der Waals surface area (Å²) >= 11 is 6.01. The summed E-state index contributed by atoms with van der Waals surface area (Å²) < 4.78 is 13.8. The first-order valence-corrected chi connectivity index (χ1v) is 10.5. The zero-order valence-corrected chi connectivity index (χ0v) is 17.9. The number of anilines is 2. The number of fused-ring (bicyclic) bond motifs is 3. The Balaban J connectivity index is 1.88. The Labute approximate surface area is 188 Å². The molecule has 1 amide bonds. The van der Waals surface area contributed by atoms with Crippen molar-refractivity contribution >= 4 is 34.7 Å². The predicted molar refractivity (Wildman–Crippen MR) is 118 cm³/mol. The minimum atomic E-state index is -1.62. The van der Waals surface area contributed by atoms with E-state index < -0.39 is 17.1 Å². The molecule has 2 aromatic rings. The summed E-state index contributed by atoms with van der Waals surface area (Å²) in [6.07, 6.45) is 1.29. The van der Waals surface area contributed by atoms with Gasteiger partial charge in [-0.3, -0.25) is 14.5 Å². The SMILES string of the molecule is Cc1ccc2c(c1)C1(C(=O)N2)C(C#N)=C(N)N(c2ccc(F)c(Cl)c2)C2=C1C(=O)CCC2. The van der Waals surface area contributed by atoms with E-state index in [1.807, 2.05) is 19.1 Å². The molecule has 32 heavy (non-hydrogen) atoms. The number of hydrogen-bond donors (Lipinski definition) is 2. The van der Waals surface area contributed by atoms with Crippen LogP contribution in [-0.4, -0.2) is 11.7 Å². The van der Waals surface area contributed by atoms with Gasteiger partial charge in [0.1, 0.15) is 23.1 Å². The van der Waals surface area contributed by atoms with E-state index in [1.54, 1.807) is 11.0 Å². The molecule has 3 aliphatic rings. The Hall–Kier alpha value is -3.63. The molecule has 5 rings (SSSR count). The molecule has 0 saturated heterocycles. The summed E-state index contributed by atoms with van der Waals surface area (Å²) in [6.45, 7) is 1.88. The molecular weight excluding hydrogens is 431 g/mol. The molecule has 1 aliphatic carbocycles. The fourth-order valence-electron chi connectivity index (χ4n) is 5.02. The number of amides is 1. The van der Waals surface area contributed by atoms with Crippen LogP contribution in [0, 0.1) is 24.1 Å². The van der Waals surface area contributed by atoms with Crippen LogP contribution >= 0.6 is 11.6 Å². The number of carbonyl (C=O) groups is 2. The molecular formula is C24H18ClFN4O2. The number of hydrogen-bond acceptors (Lipinski definition) is 5. The van der Waals surface area contributed by atoms with Gasteiger partial charge in [-0.1, -0.05) is 29.3 Å². The van der Waals surface area contributed by atoms with Crippen LogP contribution in [0.5, 0.6) is 0 Å². The number of nitriles is 1. The van der Waals surface area contributed by atoms with Crippen LogP contribution in [0.3, 0.4) is 0 Å². The lowest BCUT2D eigenvalue weighted by molar-refractivity contribution is -0.122. The Bertz CT molecular complexity index is 1340. The number of aryl methyl sites for hydroxylation is 1. The fourth-order valence-corrected chi connectivity index (χ4v) is 5.20. The van der Waals surface area contributed by atoms with Crippen LogP contribution in [-0.2, 0) is 15.0 Å². The number of nitrogens with zero attached hydrogens (tertiary/aromatic N) is 2. The van der Waals surface area contributed by atoms with Crippen molar-refractivity contribution in [3.05, 3.63) is 81.0 Å². The van der Waals surface area contributed by atoms with Gasteiger partial charge in [-0.25, -0.2) is 4.39 Å². The van der Waals surface area contributed by atoms with Gasteiger partial charge in [0.25, 0.3) is 0 Å². The molecule has 0 saturated carbocycles. The van der Waals surface area contributed by atoms with Gasteiger partial charge in [0.05, 0.1) is 10.6 Å². The highest BCUT2D eigenvalue weighted by molar-refractivity contribution is 6.31. The molecule has 1 spiro atoms. The third-order valence-corrected chi connectivity index (χ3v) is 6.63. The van der Waals surface area contributed by atoms with E-state index in [0.717, 1.165) is 5.56 Å². The standard InChI is InChI=1S/C24H18ClFN4O2/c1-12-5-8-18-14(9-12)24(23(32)29-18)15(11-27)22(28)30(13-6-7-17(26)16(25)10-13)19-3-2-4-20(31)21(19)24/h5-10H,2-4,28H2,1H3,(H,29,32). The zero-order valence-electron chi connectivity index (χ0n) is 17.1. The number of carbonyl (C=O) groups excluding carboxylic acids is 2. The van der Waals surface area contributed by atoms with Crippen LogP contribution in [0.1, 0.15) is 30.4 Å². The first-order valence-electron chi connectivity index (χ1n) is 10.2. The topological polar surface area (TPSA) is 99.2 Å². The molecule has 2 aromatic carbocycles. The van der Waals surface area contributed by atoms with E-state index in [4.69, 9.17) is 17.3 Å². The van der Waals surface area contributed by atoms with Gasteiger partial charge in [0, 0.05) is 34.6 Å². The molecule has 1 atom stereocenters. The maximum absolute atomic E-state index is 13.8. The third-order valence-electron chi connectivity index (χ3n) is 6.34. The molecule has 0 bridgehead atoms. The minimum Gasteiger partial charge on any atom is -0.384 e. The Morgan fingerprint density at radius 2 is 2.00 bits per heavy atom. The van der Waals surface area contributed by atoms with Crippen molar-refractivity contribution < 1.29 is 14.0 Å². The lowest BCUT2D eigenvalue weighted by Gasteiger charge is -2.43. The summed E-state index contributed by atoms with van der Waals surface area (Å²) in [7, 11) is 0. The monoisotopic (exact) mass is 448 g/mol.